The number of fused-ring (bicyclic) bond motifs is 1. The summed E-state index contributed by atoms with van der Waals surface area (Å²) in [6, 6.07) is 11.2. The Morgan fingerprint density at radius 1 is 0.453 bits per heavy atom. The molecule has 0 atom stereocenters. The molecule has 1 heterocycles. The number of carbonyl (C=O) groups is 6. The van der Waals surface area contributed by atoms with Crippen LogP contribution in [0, 0.1) is 47.3 Å². The number of hydrogen-bond donors (Lipinski definition) is 0. The number of esters is 6. The van der Waals surface area contributed by atoms with Gasteiger partial charge in [-0.3, -0.25) is 28.8 Å². The standard InChI is InChI=1S/C60H77NO14/c1-3-36-9-13-38(14-10-36)54(62)69-44-25-17-40(18-26-44)56(64)71-46-29-21-42(22-30-46)58(66)73-48-33-34-52(50(35-48)53-61-51-8-6-5-7-49(51)60(68)75-53)74-59(67)43-23-31-47(32-24-43)72-57(65)41-19-27-45(28-20-41)70-55(63)39-15-11-37(4-2)12-16-39/h5-8,33-47H,3-4,9-32H2,1-2H3. The molecule has 15 nitrogen and oxygen atoms in total. The number of hydrogen-bond acceptors (Lipinski definition) is 15. The van der Waals surface area contributed by atoms with E-state index in [1.165, 1.54) is 18.2 Å². The SMILES string of the molecule is CCC1CCC(C(=O)OC2CCC(C(=O)OC3CCC(C(=O)Oc4ccc(OC(=O)C5CCC(OC(=O)C6CCC(OC(=O)C7CCC(CC)CC7)CC6)CC5)c(-c5nc6ccccc6c(=O)o5)c4)CC3)CC2)CC1. The molecule has 0 saturated heterocycles. The molecule has 0 aliphatic heterocycles. The largest absolute Gasteiger partial charge is 0.462 e. The molecule has 1 aromatic heterocycles. The lowest BCUT2D eigenvalue weighted by molar-refractivity contribution is -0.164. The van der Waals surface area contributed by atoms with Crippen LogP contribution in [0.25, 0.3) is 22.4 Å². The van der Waals surface area contributed by atoms with E-state index in [1.807, 2.05) is 0 Å². The third kappa shape index (κ3) is 14.1. The van der Waals surface area contributed by atoms with Crippen molar-refractivity contribution in [3.63, 3.8) is 0 Å². The van der Waals surface area contributed by atoms with Crippen LogP contribution in [0.4, 0.5) is 0 Å². The van der Waals surface area contributed by atoms with Crippen molar-refractivity contribution in [3.05, 3.63) is 52.9 Å². The molecule has 6 saturated carbocycles. The summed E-state index contributed by atoms with van der Waals surface area (Å²) in [5.41, 5.74) is -0.108. The van der Waals surface area contributed by atoms with Gasteiger partial charge < -0.3 is 32.8 Å². The number of nitrogens with zero attached hydrogens (tertiary/aromatic N) is 1. The lowest BCUT2D eigenvalue weighted by Gasteiger charge is -2.32. The second kappa shape index (κ2) is 25.5. The van der Waals surface area contributed by atoms with Crippen LogP contribution in [0.3, 0.4) is 0 Å². The van der Waals surface area contributed by atoms with E-state index in [9.17, 15) is 33.6 Å². The number of rotatable bonds is 15. The third-order valence-corrected chi connectivity index (χ3v) is 17.8. The van der Waals surface area contributed by atoms with Crippen LogP contribution in [0.1, 0.15) is 181 Å². The van der Waals surface area contributed by atoms with Gasteiger partial charge in [0.1, 0.15) is 35.9 Å². The molecule has 6 fully saturated rings. The average molecular weight is 1040 g/mol. The number of ether oxygens (including phenoxy) is 6. The van der Waals surface area contributed by atoms with Crippen LogP contribution < -0.4 is 15.1 Å². The number of aromatic nitrogens is 1. The predicted octanol–water partition coefficient (Wildman–Crippen LogP) is 11.5. The smallest absolute Gasteiger partial charge is 0.347 e. The maximum atomic E-state index is 13.8. The summed E-state index contributed by atoms with van der Waals surface area (Å²) in [7, 11) is 0. The molecule has 6 aliphatic rings. The van der Waals surface area contributed by atoms with Crippen molar-refractivity contribution in [1.29, 1.82) is 0 Å². The average Bonchev–Trinajstić information content (AvgIpc) is 3.44. The van der Waals surface area contributed by atoms with E-state index in [2.05, 4.69) is 18.8 Å². The summed E-state index contributed by atoms with van der Waals surface area (Å²) in [5.74, 6) is -1.51. The predicted molar refractivity (Wildman–Crippen MR) is 276 cm³/mol. The van der Waals surface area contributed by atoms with Gasteiger partial charge in [-0.1, -0.05) is 38.8 Å². The molecular weight excluding hydrogens is 959 g/mol. The fourth-order valence-electron chi connectivity index (χ4n) is 12.7. The molecule has 0 radical (unpaired) electrons. The highest BCUT2D eigenvalue weighted by Gasteiger charge is 2.38. The second-order valence-electron chi connectivity index (χ2n) is 22.7. The lowest BCUT2D eigenvalue weighted by atomic mass is 9.81. The minimum Gasteiger partial charge on any atom is -0.462 e. The molecule has 0 unspecified atom stereocenters. The second-order valence-corrected chi connectivity index (χ2v) is 22.7. The number of benzene rings is 2. The van der Waals surface area contributed by atoms with Crippen LogP contribution in [0.15, 0.2) is 51.7 Å². The van der Waals surface area contributed by atoms with Gasteiger partial charge in [0.05, 0.1) is 52.0 Å². The Hall–Kier alpha value is -5.60. The van der Waals surface area contributed by atoms with Crippen molar-refractivity contribution in [2.24, 2.45) is 47.3 Å². The molecule has 75 heavy (non-hydrogen) atoms. The van der Waals surface area contributed by atoms with Crippen molar-refractivity contribution in [3.8, 4) is 23.0 Å². The minimum atomic E-state index is -0.634. The van der Waals surface area contributed by atoms with Gasteiger partial charge in [0, 0.05) is 0 Å². The van der Waals surface area contributed by atoms with Crippen molar-refractivity contribution in [1.82, 2.24) is 4.98 Å². The molecule has 2 aromatic carbocycles. The highest BCUT2D eigenvalue weighted by molar-refractivity contribution is 5.83. The van der Waals surface area contributed by atoms with Crippen LogP contribution >= 0.6 is 0 Å². The van der Waals surface area contributed by atoms with Gasteiger partial charge in [-0.25, -0.2) is 9.78 Å². The quantitative estimate of drug-likeness (QED) is 0.0790. The molecule has 0 amide bonds. The molecule has 3 aromatic rings. The zero-order chi connectivity index (χ0) is 52.4. The van der Waals surface area contributed by atoms with Gasteiger partial charge in [-0.2, -0.15) is 0 Å². The molecule has 0 N–H and O–H groups in total. The van der Waals surface area contributed by atoms with Crippen LogP contribution in [0.2, 0.25) is 0 Å². The normalized spacial score (nSPS) is 30.3. The van der Waals surface area contributed by atoms with E-state index in [-0.39, 0.29) is 100 Å². The number of carbonyl (C=O) groups excluding carboxylic acids is 6. The maximum Gasteiger partial charge on any atom is 0.347 e. The first-order chi connectivity index (χ1) is 36.4. The Kier molecular flexibility index (Phi) is 18.4. The molecule has 6 aliphatic carbocycles. The third-order valence-electron chi connectivity index (χ3n) is 17.8. The van der Waals surface area contributed by atoms with Gasteiger partial charge >= 0.3 is 41.4 Å². The van der Waals surface area contributed by atoms with Crippen LogP contribution in [-0.4, -0.2) is 65.2 Å². The molecule has 0 bridgehead atoms. The molecule has 0 spiro atoms. The van der Waals surface area contributed by atoms with E-state index in [4.69, 9.17) is 32.8 Å². The fourth-order valence-corrected chi connectivity index (χ4v) is 12.7. The highest BCUT2D eigenvalue weighted by atomic mass is 16.6. The zero-order valence-corrected chi connectivity index (χ0v) is 44.0. The van der Waals surface area contributed by atoms with Crippen molar-refractivity contribution < 1.29 is 61.6 Å². The lowest BCUT2D eigenvalue weighted by Crippen LogP contribution is -2.34. The zero-order valence-electron chi connectivity index (χ0n) is 44.0. The minimum absolute atomic E-state index is 0.0106. The molecule has 9 rings (SSSR count). The van der Waals surface area contributed by atoms with E-state index in [0.717, 1.165) is 64.2 Å². The van der Waals surface area contributed by atoms with E-state index < -0.39 is 29.4 Å². The summed E-state index contributed by atoms with van der Waals surface area (Å²) >= 11 is 0. The van der Waals surface area contributed by atoms with Gasteiger partial charge in [0.15, 0.2) is 0 Å². The summed E-state index contributed by atoms with van der Waals surface area (Å²) in [6.07, 6.45) is 18.1. The van der Waals surface area contributed by atoms with E-state index in [0.29, 0.717) is 120 Å². The van der Waals surface area contributed by atoms with Gasteiger partial charge in [0.25, 0.3) is 0 Å². The summed E-state index contributed by atoms with van der Waals surface area (Å²) in [6.45, 7) is 4.41. The topological polar surface area (TPSA) is 201 Å². The van der Waals surface area contributed by atoms with Gasteiger partial charge in [-0.15, -0.1) is 0 Å². The van der Waals surface area contributed by atoms with Crippen molar-refractivity contribution in [2.75, 3.05) is 0 Å². The monoisotopic (exact) mass is 1040 g/mol. The first kappa shape index (κ1) is 54.2. The Balaban J connectivity index is 0.735. The molecule has 15 heteroatoms. The number of para-hydroxylation sites is 1. The van der Waals surface area contributed by atoms with E-state index in [1.54, 1.807) is 24.3 Å². The maximum absolute atomic E-state index is 13.8. The summed E-state index contributed by atoms with van der Waals surface area (Å²) < 4.78 is 41.3. The Labute approximate surface area is 440 Å². The Morgan fingerprint density at radius 2 is 0.813 bits per heavy atom. The summed E-state index contributed by atoms with van der Waals surface area (Å²) in [5, 5.41) is 0.277. The van der Waals surface area contributed by atoms with Gasteiger partial charge in [-0.05, 0) is 196 Å². The van der Waals surface area contributed by atoms with Crippen molar-refractivity contribution in [2.45, 2.75) is 205 Å². The van der Waals surface area contributed by atoms with Gasteiger partial charge in [0.2, 0.25) is 5.89 Å². The molecular formula is C60H77NO14. The van der Waals surface area contributed by atoms with Crippen LogP contribution in [0.5, 0.6) is 11.5 Å². The fraction of sp³-hybridized carbons (Fsp3) is 0.667. The van der Waals surface area contributed by atoms with Crippen molar-refractivity contribution >= 4 is 46.7 Å². The van der Waals surface area contributed by atoms with E-state index >= 15 is 0 Å². The van der Waals surface area contributed by atoms with Crippen LogP contribution in [-0.2, 0) is 47.7 Å². The summed E-state index contributed by atoms with van der Waals surface area (Å²) in [4.78, 5) is 97.4. The Morgan fingerprint density at radius 3 is 1.21 bits per heavy atom. The molecule has 406 valence electrons. The first-order valence-corrected chi connectivity index (χ1v) is 28.7. The highest BCUT2D eigenvalue weighted by Crippen LogP contribution is 2.39. The first-order valence-electron chi connectivity index (χ1n) is 28.7. The Bertz CT molecular complexity index is 2520.